The summed E-state index contributed by atoms with van der Waals surface area (Å²) in [6.07, 6.45) is 4.05. The molecule has 3 nitrogen and oxygen atoms in total. The molecule has 114 valence electrons. The van der Waals surface area contributed by atoms with Crippen molar-refractivity contribution in [3.63, 3.8) is 0 Å². The molecule has 1 fully saturated rings. The summed E-state index contributed by atoms with van der Waals surface area (Å²) >= 11 is 1.32. The number of hydrogen-bond donors (Lipinski definition) is 0. The van der Waals surface area contributed by atoms with Crippen LogP contribution in [0.2, 0.25) is 0 Å². The van der Waals surface area contributed by atoms with Gasteiger partial charge in [-0.25, -0.2) is 0 Å². The standard InChI is InChI=1S/C17H23NO2S/c1-3-4-5-14-6-8-16(9-7-14)18-11-15(10-17(18)20)12-21-13(2)19/h6-9,15H,3-5,10-12H2,1-2H3. The van der Waals surface area contributed by atoms with Crippen LogP contribution in [-0.4, -0.2) is 23.3 Å². The molecule has 1 aliphatic rings. The first-order valence-corrected chi connectivity index (χ1v) is 8.61. The molecule has 1 aliphatic heterocycles. The molecule has 0 radical (unpaired) electrons. The predicted octanol–water partition coefficient (Wildman–Crippen LogP) is 3.66. The summed E-state index contributed by atoms with van der Waals surface area (Å²) in [5.74, 6) is 1.20. The van der Waals surface area contributed by atoms with E-state index in [1.54, 1.807) is 6.92 Å². The maximum absolute atomic E-state index is 12.1. The molecule has 0 aromatic heterocycles. The number of anilines is 1. The van der Waals surface area contributed by atoms with E-state index in [0.29, 0.717) is 6.42 Å². The van der Waals surface area contributed by atoms with Crippen molar-refractivity contribution in [3.05, 3.63) is 29.8 Å². The fraction of sp³-hybridized carbons (Fsp3) is 0.529. The van der Waals surface area contributed by atoms with Crippen molar-refractivity contribution in [1.82, 2.24) is 0 Å². The van der Waals surface area contributed by atoms with Gasteiger partial charge in [0.1, 0.15) is 0 Å². The molecule has 0 saturated carbocycles. The summed E-state index contributed by atoms with van der Waals surface area (Å²) in [5.41, 5.74) is 2.31. The van der Waals surface area contributed by atoms with E-state index in [-0.39, 0.29) is 16.9 Å². The monoisotopic (exact) mass is 305 g/mol. The first-order chi connectivity index (χ1) is 10.1. The van der Waals surface area contributed by atoms with E-state index in [0.717, 1.165) is 24.4 Å². The number of nitrogens with zero attached hydrogens (tertiary/aromatic N) is 1. The largest absolute Gasteiger partial charge is 0.312 e. The number of aryl methyl sites for hydroxylation is 1. The van der Waals surface area contributed by atoms with Gasteiger partial charge in [0.2, 0.25) is 5.91 Å². The number of thioether (sulfide) groups is 1. The number of amides is 1. The summed E-state index contributed by atoms with van der Waals surface area (Å²) in [7, 11) is 0. The van der Waals surface area contributed by atoms with Crippen molar-refractivity contribution >= 4 is 28.5 Å². The van der Waals surface area contributed by atoms with Gasteiger partial charge >= 0.3 is 0 Å². The molecule has 1 saturated heterocycles. The second-order valence-corrected chi connectivity index (χ2v) is 6.84. The van der Waals surface area contributed by atoms with Crippen LogP contribution in [0.25, 0.3) is 0 Å². The van der Waals surface area contributed by atoms with Crippen molar-refractivity contribution in [1.29, 1.82) is 0 Å². The van der Waals surface area contributed by atoms with Crippen LogP contribution in [0.4, 0.5) is 5.69 Å². The Bertz CT molecular complexity index is 498. The van der Waals surface area contributed by atoms with Crippen LogP contribution in [0.3, 0.4) is 0 Å². The Balaban J connectivity index is 1.95. The number of carbonyl (C=O) groups excluding carboxylic acids is 2. The number of hydrogen-bond acceptors (Lipinski definition) is 3. The Morgan fingerprint density at radius 1 is 1.33 bits per heavy atom. The van der Waals surface area contributed by atoms with Crippen molar-refractivity contribution in [2.45, 2.75) is 39.5 Å². The lowest BCUT2D eigenvalue weighted by molar-refractivity contribution is -0.117. The molecule has 1 atom stereocenters. The number of rotatable bonds is 6. The molecule has 21 heavy (non-hydrogen) atoms. The zero-order valence-corrected chi connectivity index (χ0v) is 13.6. The zero-order chi connectivity index (χ0) is 15.2. The van der Waals surface area contributed by atoms with Crippen LogP contribution in [0.1, 0.15) is 38.7 Å². The third-order valence-corrected chi connectivity index (χ3v) is 4.84. The average molecular weight is 305 g/mol. The molecule has 1 aromatic carbocycles. The van der Waals surface area contributed by atoms with Gasteiger partial charge in [-0.05, 0) is 36.5 Å². The second kappa shape index (κ2) is 7.64. The number of benzene rings is 1. The molecule has 4 heteroatoms. The molecule has 0 bridgehead atoms. The van der Waals surface area contributed by atoms with Crippen molar-refractivity contribution in [2.75, 3.05) is 17.2 Å². The molecule has 1 heterocycles. The third-order valence-electron chi connectivity index (χ3n) is 3.79. The summed E-state index contributed by atoms with van der Waals surface area (Å²) in [4.78, 5) is 25.0. The van der Waals surface area contributed by atoms with Crippen LogP contribution in [0.5, 0.6) is 0 Å². The predicted molar refractivity (Wildman–Crippen MR) is 88.7 cm³/mol. The van der Waals surface area contributed by atoms with E-state index in [1.165, 1.54) is 30.2 Å². The van der Waals surface area contributed by atoms with E-state index in [1.807, 2.05) is 17.0 Å². The SMILES string of the molecule is CCCCc1ccc(N2CC(CSC(C)=O)CC2=O)cc1. The number of unbranched alkanes of at least 4 members (excludes halogenated alkanes) is 1. The van der Waals surface area contributed by atoms with Gasteiger partial charge in [0.15, 0.2) is 5.12 Å². The quantitative estimate of drug-likeness (QED) is 0.805. The Labute approximate surface area is 131 Å². The van der Waals surface area contributed by atoms with E-state index < -0.39 is 0 Å². The molecular formula is C17H23NO2S. The summed E-state index contributed by atoms with van der Waals surface area (Å²) in [6.45, 7) is 4.50. The Kier molecular flexibility index (Phi) is 5.85. The molecule has 1 aromatic rings. The van der Waals surface area contributed by atoms with Gasteiger partial charge in [-0.2, -0.15) is 0 Å². The van der Waals surface area contributed by atoms with Crippen LogP contribution in [0.15, 0.2) is 24.3 Å². The minimum Gasteiger partial charge on any atom is -0.312 e. The lowest BCUT2D eigenvalue weighted by atomic mass is 10.1. The van der Waals surface area contributed by atoms with Crippen molar-refractivity contribution < 1.29 is 9.59 Å². The topological polar surface area (TPSA) is 37.4 Å². The fourth-order valence-electron chi connectivity index (χ4n) is 2.60. The molecule has 0 spiro atoms. The minimum absolute atomic E-state index is 0.126. The minimum atomic E-state index is 0.126. The Morgan fingerprint density at radius 3 is 2.67 bits per heavy atom. The van der Waals surface area contributed by atoms with E-state index in [9.17, 15) is 9.59 Å². The highest BCUT2D eigenvalue weighted by Gasteiger charge is 2.30. The third kappa shape index (κ3) is 4.60. The highest BCUT2D eigenvalue weighted by Crippen LogP contribution is 2.27. The lowest BCUT2D eigenvalue weighted by Gasteiger charge is -2.17. The molecule has 0 aliphatic carbocycles. The normalized spacial score (nSPS) is 18.3. The zero-order valence-electron chi connectivity index (χ0n) is 12.8. The maximum Gasteiger partial charge on any atom is 0.227 e. The molecule has 1 amide bonds. The first-order valence-electron chi connectivity index (χ1n) is 7.62. The lowest BCUT2D eigenvalue weighted by Crippen LogP contribution is -2.24. The van der Waals surface area contributed by atoms with Crippen molar-refractivity contribution in [2.24, 2.45) is 5.92 Å². The van der Waals surface area contributed by atoms with Gasteiger partial charge in [0, 0.05) is 31.3 Å². The smallest absolute Gasteiger partial charge is 0.227 e. The molecular weight excluding hydrogens is 282 g/mol. The van der Waals surface area contributed by atoms with Crippen LogP contribution in [0, 0.1) is 5.92 Å². The molecule has 2 rings (SSSR count). The van der Waals surface area contributed by atoms with Crippen LogP contribution < -0.4 is 4.90 Å². The van der Waals surface area contributed by atoms with Crippen LogP contribution >= 0.6 is 11.8 Å². The van der Waals surface area contributed by atoms with Crippen molar-refractivity contribution in [3.8, 4) is 0 Å². The second-order valence-electron chi connectivity index (χ2n) is 5.65. The van der Waals surface area contributed by atoms with Gasteiger partial charge in [0.25, 0.3) is 0 Å². The molecule has 0 N–H and O–H groups in total. The molecule has 1 unspecified atom stereocenters. The van der Waals surface area contributed by atoms with E-state index >= 15 is 0 Å². The summed E-state index contributed by atoms with van der Waals surface area (Å²) < 4.78 is 0. The fourth-order valence-corrected chi connectivity index (χ4v) is 3.30. The average Bonchev–Trinajstić information content (AvgIpc) is 2.84. The highest BCUT2D eigenvalue weighted by atomic mass is 32.2. The van der Waals surface area contributed by atoms with Gasteiger partial charge in [0.05, 0.1) is 0 Å². The van der Waals surface area contributed by atoms with Gasteiger partial charge in [-0.15, -0.1) is 0 Å². The van der Waals surface area contributed by atoms with Gasteiger partial charge in [-0.3, -0.25) is 9.59 Å². The summed E-state index contributed by atoms with van der Waals surface area (Å²) in [6, 6.07) is 8.33. The first kappa shape index (κ1) is 16.1. The Morgan fingerprint density at radius 2 is 2.05 bits per heavy atom. The van der Waals surface area contributed by atoms with Gasteiger partial charge in [-0.1, -0.05) is 37.2 Å². The Hall–Kier alpha value is -1.29. The summed E-state index contributed by atoms with van der Waals surface area (Å²) in [5, 5.41) is 0.126. The highest BCUT2D eigenvalue weighted by molar-refractivity contribution is 8.13. The maximum atomic E-state index is 12.1. The van der Waals surface area contributed by atoms with Gasteiger partial charge < -0.3 is 4.90 Å². The van der Waals surface area contributed by atoms with E-state index in [4.69, 9.17) is 0 Å². The van der Waals surface area contributed by atoms with Crippen LogP contribution in [-0.2, 0) is 16.0 Å². The number of carbonyl (C=O) groups is 2. The van der Waals surface area contributed by atoms with E-state index in [2.05, 4.69) is 19.1 Å².